The van der Waals surface area contributed by atoms with E-state index in [1.165, 1.54) is 11.3 Å². The topological polar surface area (TPSA) is 122 Å². The zero-order valence-corrected chi connectivity index (χ0v) is 14.5. The van der Waals surface area contributed by atoms with Gasteiger partial charge in [0.1, 0.15) is 5.52 Å². The number of aromatic nitrogens is 4. The number of nitrogen functional groups attached to an aromatic ring is 1. The molecular weight excluding hydrogens is 356 g/mol. The van der Waals surface area contributed by atoms with Crippen LogP contribution in [0.2, 0.25) is 0 Å². The van der Waals surface area contributed by atoms with Gasteiger partial charge in [-0.2, -0.15) is 4.98 Å². The molecule has 1 saturated heterocycles. The highest BCUT2D eigenvalue weighted by Gasteiger charge is 2.24. The number of hydrogen-bond acceptors (Lipinski definition) is 10. The van der Waals surface area contributed by atoms with Crippen molar-refractivity contribution in [2.24, 2.45) is 0 Å². The van der Waals surface area contributed by atoms with Crippen molar-refractivity contribution in [3.05, 3.63) is 30.0 Å². The molecule has 1 aliphatic heterocycles. The molecule has 0 bridgehead atoms. The number of nitrogens with zero attached hydrogens (tertiary/aromatic N) is 6. The van der Waals surface area contributed by atoms with E-state index in [2.05, 4.69) is 30.2 Å². The van der Waals surface area contributed by atoms with Gasteiger partial charge in [-0.15, -0.1) is 16.4 Å². The van der Waals surface area contributed by atoms with E-state index in [-0.39, 0.29) is 5.95 Å². The van der Waals surface area contributed by atoms with Crippen LogP contribution in [0.15, 0.2) is 30.0 Å². The van der Waals surface area contributed by atoms with Gasteiger partial charge in [-0.05, 0) is 12.1 Å². The number of hydrogen-bond donors (Lipinski definition) is 2. The maximum atomic E-state index is 12.0. The van der Waals surface area contributed by atoms with Gasteiger partial charge in [-0.3, -0.25) is 10.3 Å². The van der Waals surface area contributed by atoms with E-state index in [0.717, 1.165) is 16.2 Å². The zero-order chi connectivity index (χ0) is 17.9. The van der Waals surface area contributed by atoms with E-state index in [1.54, 1.807) is 35.1 Å². The lowest BCUT2D eigenvalue weighted by atomic mass is 10.3. The molecule has 1 fully saturated rings. The summed E-state index contributed by atoms with van der Waals surface area (Å²) in [7, 11) is 0. The van der Waals surface area contributed by atoms with Crippen molar-refractivity contribution < 1.29 is 9.63 Å². The molecule has 1 aliphatic rings. The fourth-order valence-electron chi connectivity index (χ4n) is 2.67. The molecule has 4 heterocycles. The van der Waals surface area contributed by atoms with Gasteiger partial charge in [0.25, 0.3) is 0 Å². The normalized spacial score (nSPS) is 15.2. The van der Waals surface area contributed by atoms with Crippen LogP contribution in [0.1, 0.15) is 0 Å². The van der Waals surface area contributed by atoms with E-state index in [0.29, 0.717) is 31.9 Å². The van der Waals surface area contributed by atoms with Gasteiger partial charge < -0.3 is 15.5 Å². The molecule has 26 heavy (non-hydrogen) atoms. The Balaban J connectivity index is 1.36. The Labute approximate surface area is 152 Å². The first-order valence-electron chi connectivity index (χ1n) is 7.94. The summed E-state index contributed by atoms with van der Waals surface area (Å²) in [5.74, 6) is 0.946. The second-order valence-electron chi connectivity index (χ2n) is 5.57. The molecule has 11 heteroatoms. The van der Waals surface area contributed by atoms with Gasteiger partial charge in [-0.1, -0.05) is 0 Å². The lowest BCUT2D eigenvalue weighted by Gasteiger charge is -2.33. The van der Waals surface area contributed by atoms with Crippen LogP contribution in [0.3, 0.4) is 0 Å². The molecule has 0 aromatic carbocycles. The van der Waals surface area contributed by atoms with Gasteiger partial charge in [-0.25, -0.2) is 14.8 Å². The number of carbonyl (C=O) groups is 1. The second kappa shape index (κ2) is 7.06. The standard InChI is InChI=1S/C15H16N8O2S/c16-14-20-12(11-13(21-14)26-9-18-11)22-5-7-23(8-6-22)25-15(24)19-10-1-3-17-4-2-10/h1-4,9H,5-8H2,(H2,16,20,21)(H,17,19,24). The Morgan fingerprint density at radius 3 is 2.73 bits per heavy atom. The number of amides is 1. The highest BCUT2D eigenvalue weighted by molar-refractivity contribution is 7.16. The van der Waals surface area contributed by atoms with Crippen molar-refractivity contribution in [2.45, 2.75) is 0 Å². The van der Waals surface area contributed by atoms with Gasteiger partial charge >= 0.3 is 6.09 Å². The lowest BCUT2D eigenvalue weighted by molar-refractivity contribution is -0.0966. The number of rotatable bonds is 3. The average molecular weight is 372 g/mol. The molecule has 0 radical (unpaired) electrons. The van der Waals surface area contributed by atoms with E-state index in [4.69, 9.17) is 10.6 Å². The largest absolute Gasteiger partial charge is 0.430 e. The molecule has 3 aromatic rings. The van der Waals surface area contributed by atoms with Crippen LogP contribution < -0.4 is 16.0 Å². The third-order valence-corrected chi connectivity index (χ3v) is 4.59. The van der Waals surface area contributed by atoms with Gasteiger partial charge in [0.05, 0.1) is 18.6 Å². The minimum atomic E-state index is -0.530. The first-order valence-corrected chi connectivity index (χ1v) is 8.82. The van der Waals surface area contributed by atoms with Crippen molar-refractivity contribution in [1.29, 1.82) is 0 Å². The molecule has 0 spiro atoms. The first kappa shape index (κ1) is 16.4. The smallest absolute Gasteiger partial charge is 0.368 e. The fourth-order valence-corrected chi connectivity index (χ4v) is 3.33. The average Bonchev–Trinajstić information content (AvgIpc) is 3.11. The molecule has 4 rings (SSSR count). The minimum Gasteiger partial charge on any atom is -0.368 e. The van der Waals surface area contributed by atoms with Gasteiger partial charge in [0, 0.05) is 31.2 Å². The fraction of sp³-hybridized carbons (Fsp3) is 0.267. The molecule has 3 aromatic heterocycles. The van der Waals surface area contributed by atoms with E-state index in [9.17, 15) is 4.79 Å². The highest BCUT2D eigenvalue weighted by atomic mass is 32.1. The Morgan fingerprint density at radius 2 is 1.96 bits per heavy atom. The van der Waals surface area contributed by atoms with Crippen LogP contribution in [0.25, 0.3) is 10.3 Å². The predicted octanol–water partition coefficient (Wildman–Crippen LogP) is 1.35. The summed E-state index contributed by atoms with van der Waals surface area (Å²) in [6.45, 7) is 2.34. The maximum Gasteiger partial charge on any atom is 0.430 e. The second-order valence-corrected chi connectivity index (χ2v) is 6.40. The zero-order valence-electron chi connectivity index (χ0n) is 13.7. The van der Waals surface area contributed by atoms with Crippen LogP contribution >= 0.6 is 11.3 Å². The number of thiazole rings is 1. The van der Waals surface area contributed by atoms with Crippen LogP contribution in [-0.4, -0.2) is 57.3 Å². The minimum absolute atomic E-state index is 0.229. The number of anilines is 3. The third kappa shape index (κ3) is 3.48. The van der Waals surface area contributed by atoms with Crippen LogP contribution in [0.4, 0.5) is 22.2 Å². The Bertz CT molecular complexity index is 910. The summed E-state index contributed by atoms with van der Waals surface area (Å²) < 4.78 is 0. The number of carbonyl (C=O) groups excluding carboxylic acids is 1. The van der Waals surface area contributed by atoms with Gasteiger partial charge in [0.15, 0.2) is 10.6 Å². The highest BCUT2D eigenvalue weighted by Crippen LogP contribution is 2.26. The first-order chi connectivity index (χ1) is 12.7. The van der Waals surface area contributed by atoms with Crippen molar-refractivity contribution in [1.82, 2.24) is 25.0 Å². The monoisotopic (exact) mass is 372 g/mol. The molecule has 3 N–H and O–H groups in total. The predicted molar refractivity (Wildman–Crippen MR) is 97.7 cm³/mol. The number of nitrogens with two attached hydrogens (primary N) is 1. The van der Waals surface area contributed by atoms with Gasteiger partial charge in [0.2, 0.25) is 5.95 Å². The van der Waals surface area contributed by atoms with Crippen LogP contribution in [0, 0.1) is 0 Å². The SMILES string of the molecule is Nc1nc(N2CCN(OC(=O)Nc3ccncc3)CC2)c2ncsc2n1. The quantitative estimate of drug-likeness (QED) is 0.701. The van der Waals surface area contributed by atoms with Crippen molar-refractivity contribution in [3.8, 4) is 0 Å². The third-order valence-electron chi connectivity index (χ3n) is 3.87. The number of fused-ring (bicyclic) bond motifs is 1. The number of pyridine rings is 1. The Hall–Kier alpha value is -3.05. The van der Waals surface area contributed by atoms with Crippen LogP contribution in [0.5, 0.6) is 0 Å². The van der Waals surface area contributed by atoms with Crippen molar-refractivity contribution in [2.75, 3.05) is 42.1 Å². The van der Waals surface area contributed by atoms with Crippen molar-refractivity contribution >= 4 is 45.2 Å². The number of nitrogens with one attached hydrogen (secondary N) is 1. The summed E-state index contributed by atoms with van der Waals surface area (Å²) in [6, 6.07) is 3.38. The summed E-state index contributed by atoms with van der Waals surface area (Å²) in [5, 5.41) is 4.28. The van der Waals surface area contributed by atoms with E-state index < -0.39 is 6.09 Å². The molecule has 0 unspecified atom stereocenters. The summed E-state index contributed by atoms with van der Waals surface area (Å²) >= 11 is 1.43. The molecule has 1 amide bonds. The number of piperazine rings is 1. The summed E-state index contributed by atoms with van der Waals surface area (Å²) in [4.78, 5) is 36.9. The molecule has 0 aliphatic carbocycles. The number of hydroxylamine groups is 2. The van der Waals surface area contributed by atoms with Crippen molar-refractivity contribution in [3.63, 3.8) is 0 Å². The molecule has 134 valence electrons. The molecular formula is C15H16N8O2S. The summed E-state index contributed by atoms with van der Waals surface area (Å²) in [5.41, 5.74) is 8.90. The molecule has 10 nitrogen and oxygen atoms in total. The molecule has 0 saturated carbocycles. The molecule has 0 atom stereocenters. The van der Waals surface area contributed by atoms with E-state index in [1.807, 2.05) is 0 Å². The summed E-state index contributed by atoms with van der Waals surface area (Å²) in [6.07, 6.45) is 2.67. The Kier molecular flexibility index (Phi) is 4.46. The van der Waals surface area contributed by atoms with Crippen LogP contribution in [-0.2, 0) is 4.84 Å². The lowest BCUT2D eigenvalue weighted by Crippen LogP contribution is -2.47. The van der Waals surface area contributed by atoms with E-state index >= 15 is 0 Å². The Morgan fingerprint density at radius 1 is 1.19 bits per heavy atom. The maximum absolute atomic E-state index is 12.0.